The van der Waals surface area contributed by atoms with Crippen LogP contribution in [0.2, 0.25) is 0 Å². The average Bonchev–Trinajstić information content (AvgIpc) is 2.63. The molecule has 3 rings (SSSR count). The van der Waals surface area contributed by atoms with Gasteiger partial charge in [0.2, 0.25) is 11.8 Å². The molecule has 0 radical (unpaired) electrons. The summed E-state index contributed by atoms with van der Waals surface area (Å²) < 4.78 is 18.8. The second-order valence-electron chi connectivity index (χ2n) is 5.69. The normalized spacial score (nSPS) is 17.6. The predicted molar refractivity (Wildman–Crippen MR) is 86.1 cm³/mol. The van der Waals surface area contributed by atoms with E-state index < -0.39 is 0 Å². The van der Waals surface area contributed by atoms with Gasteiger partial charge < -0.3 is 15.4 Å². The van der Waals surface area contributed by atoms with E-state index in [0.717, 1.165) is 12.8 Å². The van der Waals surface area contributed by atoms with E-state index in [1.54, 1.807) is 29.4 Å². The monoisotopic (exact) mass is 330 g/mol. The fourth-order valence-corrected chi connectivity index (χ4v) is 2.86. The molecule has 1 amide bonds. The Bertz CT molecular complexity index is 708. The van der Waals surface area contributed by atoms with Gasteiger partial charge in [0.15, 0.2) is 0 Å². The first-order valence-electron chi connectivity index (χ1n) is 7.89. The highest BCUT2D eigenvalue weighted by atomic mass is 19.1. The van der Waals surface area contributed by atoms with Crippen molar-refractivity contribution in [3.8, 4) is 11.6 Å². The topological polar surface area (TPSA) is 81.3 Å². The van der Waals surface area contributed by atoms with E-state index in [-0.39, 0.29) is 24.2 Å². The van der Waals surface area contributed by atoms with E-state index in [4.69, 9.17) is 10.5 Å². The molecule has 2 N–H and O–H groups in total. The summed E-state index contributed by atoms with van der Waals surface area (Å²) in [5, 5.41) is 0. The lowest BCUT2D eigenvalue weighted by Gasteiger charge is -2.32. The molecular weight excluding hydrogens is 311 g/mol. The van der Waals surface area contributed by atoms with Crippen molar-refractivity contribution in [3.63, 3.8) is 0 Å². The standard InChI is InChI=1S/C17H19FN4O2/c18-13-3-5-14(6-4-13)24-17-16(20-7-8-21-17)12-2-1-9-22(11-12)15(23)10-19/h3-8,12H,1-2,9-11,19H2/t12-/m0/s1. The van der Waals surface area contributed by atoms with Crippen LogP contribution >= 0.6 is 0 Å². The van der Waals surface area contributed by atoms with Gasteiger partial charge in [-0.1, -0.05) is 0 Å². The van der Waals surface area contributed by atoms with Gasteiger partial charge in [0.1, 0.15) is 17.3 Å². The molecule has 126 valence electrons. The minimum atomic E-state index is -0.329. The number of hydrogen-bond acceptors (Lipinski definition) is 5. The summed E-state index contributed by atoms with van der Waals surface area (Å²) >= 11 is 0. The molecule has 1 fully saturated rings. The van der Waals surface area contributed by atoms with Crippen LogP contribution in [0.15, 0.2) is 36.7 Å². The van der Waals surface area contributed by atoms with Gasteiger partial charge in [0.25, 0.3) is 0 Å². The van der Waals surface area contributed by atoms with Crippen LogP contribution in [0.5, 0.6) is 11.6 Å². The molecule has 1 aromatic carbocycles. The maximum absolute atomic E-state index is 13.0. The zero-order chi connectivity index (χ0) is 16.9. The SMILES string of the molecule is NCC(=O)N1CCC[C@H](c2nccnc2Oc2ccc(F)cc2)C1. The molecule has 0 aliphatic carbocycles. The molecular formula is C17H19FN4O2. The minimum absolute atomic E-state index is 0.00608. The van der Waals surface area contributed by atoms with Crippen molar-refractivity contribution in [3.05, 3.63) is 48.2 Å². The summed E-state index contributed by atoms with van der Waals surface area (Å²) in [4.78, 5) is 22.3. The van der Waals surface area contributed by atoms with Crippen molar-refractivity contribution >= 4 is 5.91 Å². The molecule has 0 unspecified atom stereocenters. The number of hydrogen-bond donors (Lipinski definition) is 1. The van der Waals surface area contributed by atoms with Gasteiger partial charge in [-0.25, -0.2) is 9.37 Å². The Morgan fingerprint density at radius 1 is 1.29 bits per heavy atom. The Morgan fingerprint density at radius 3 is 2.79 bits per heavy atom. The smallest absolute Gasteiger partial charge is 0.241 e. The number of amides is 1. The summed E-state index contributed by atoms with van der Waals surface area (Å²) in [7, 11) is 0. The number of carbonyl (C=O) groups excluding carboxylic acids is 1. The molecule has 1 saturated heterocycles. The molecule has 0 saturated carbocycles. The van der Waals surface area contributed by atoms with E-state index in [1.165, 1.54) is 12.1 Å². The van der Waals surface area contributed by atoms with Gasteiger partial charge in [0.05, 0.1) is 6.54 Å². The lowest BCUT2D eigenvalue weighted by Crippen LogP contribution is -2.42. The summed E-state index contributed by atoms with van der Waals surface area (Å²) in [5.41, 5.74) is 6.16. The van der Waals surface area contributed by atoms with Gasteiger partial charge in [-0.15, -0.1) is 0 Å². The highest BCUT2D eigenvalue weighted by Crippen LogP contribution is 2.32. The second-order valence-corrected chi connectivity index (χ2v) is 5.69. The quantitative estimate of drug-likeness (QED) is 0.928. The molecule has 0 bridgehead atoms. The maximum Gasteiger partial charge on any atom is 0.241 e. The largest absolute Gasteiger partial charge is 0.437 e. The molecule has 1 atom stereocenters. The highest BCUT2D eigenvalue weighted by molar-refractivity contribution is 5.78. The third-order valence-corrected chi connectivity index (χ3v) is 4.05. The Labute approximate surface area is 139 Å². The highest BCUT2D eigenvalue weighted by Gasteiger charge is 2.27. The number of piperidine rings is 1. The second kappa shape index (κ2) is 7.35. The number of halogens is 1. The Balaban J connectivity index is 1.80. The molecule has 24 heavy (non-hydrogen) atoms. The van der Waals surface area contributed by atoms with Crippen molar-refractivity contribution in [2.24, 2.45) is 5.73 Å². The van der Waals surface area contributed by atoms with Gasteiger partial charge in [-0.05, 0) is 37.1 Å². The first kappa shape index (κ1) is 16.3. The van der Waals surface area contributed by atoms with Crippen LogP contribution in [-0.4, -0.2) is 40.4 Å². The molecule has 0 spiro atoms. The molecule has 2 heterocycles. The van der Waals surface area contributed by atoms with Gasteiger partial charge in [-0.2, -0.15) is 0 Å². The van der Waals surface area contributed by atoms with Crippen molar-refractivity contribution in [1.29, 1.82) is 0 Å². The van der Waals surface area contributed by atoms with Crippen LogP contribution < -0.4 is 10.5 Å². The van der Waals surface area contributed by atoms with Crippen molar-refractivity contribution in [2.45, 2.75) is 18.8 Å². The number of likely N-dealkylation sites (tertiary alicyclic amines) is 1. The molecule has 1 aliphatic rings. The van der Waals surface area contributed by atoms with E-state index in [2.05, 4.69) is 9.97 Å². The third-order valence-electron chi connectivity index (χ3n) is 4.05. The summed E-state index contributed by atoms with van der Waals surface area (Å²) in [6, 6.07) is 5.74. The maximum atomic E-state index is 13.0. The lowest BCUT2D eigenvalue weighted by atomic mass is 9.94. The zero-order valence-electron chi connectivity index (χ0n) is 13.2. The minimum Gasteiger partial charge on any atom is -0.437 e. The van der Waals surface area contributed by atoms with E-state index >= 15 is 0 Å². The van der Waals surface area contributed by atoms with Crippen molar-refractivity contribution in [1.82, 2.24) is 14.9 Å². The number of carbonyl (C=O) groups is 1. The van der Waals surface area contributed by atoms with Crippen LogP contribution in [0.1, 0.15) is 24.5 Å². The van der Waals surface area contributed by atoms with Gasteiger partial charge in [-0.3, -0.25) is 9.78 Å². The van der Waals surface area contributed by atoms with E-state index in [9.17, 15) is 9.18 Å². The van der Waals surface area contributed by atoms with Gasteiger partial charge >= 0.3 is 0 Å². The lowest BCUT2D eigenvalue weighted by molar-refractivity contribution is -0.130. The number of nitrogens with two attached hydrogens (primary N) is 1. The molecule has 7 heteroatoms. The summed E-state index contributed by atoms with van der Waals surface area (Å²) in [5.74, 6) is 0.521. The fraction of sp³-hybridized carbons (Fsp3) is 0.353. The van der Waals surface area contributed by atoms with E-state index in [0.29, 0.717) is 30.4 Å². The Kier molecular flexibility index (Phi) is 5.00. The fourth-order valence-electron chi connectivity index (χ4n) is 2.86. The number of rotatable bonds is 4. The Hall–Kier alpha value is -2.54. The molecule has 6 nitrogen and oxygen atoms in total. The first-order chi connectivity index (χ1) is 11.7. The average molecular weight is 330 g/mol. The van der Waals surface area contributed by atoms with Crippen LogP contribution in [0, 0.1) is 5.82 Å². The van der Waals surface area contributed by atoms with Crippen molar-refractivity contribution < 1.29 is 13.9 Å². The number of aromatic nitrogens is 2. The first-order valence-corrected chi connectivity index (χ1v) is 7.89. The van der Waals surface area contributed by atoms with Gasteiger partial charge in [0, 0.05) is 31.4 Å². The zero-order valence-corrected chi connectivity index (χ0v) is 13.2. The van der Waals surface area contributed by atoms with E-state index in [1.807, 2.05) is 0 Å². The van der Waals surface area contributed by atoms with Crippen LogP contribution in [0.3, 0.4) is 0 Å². The van der Waals surface area contributed by atoms with Crippen molar-refractivity contribution in [2.75, 3.05) is 19.6 Å². The molecule has 1 aromatic heterocycles. The third kappa shape index (κ3) is 3.68. The molecule has 1 aliphatic heterocycles. The molecule has 2 aromatic rings. The summed E-state index contributed by atoms with van der Waals surface area (Å²) in [6.07, 6.45) is 4.93. The number of nitrogens with zero attached hydrogens (tertiary/aromatic N) is 3. The predicted octanol–water partition coefficient (Wildman–Crippen LogP) is 2.07. The van der Waals surface area contributed by atoms with Crippen LogP contribution in [-0.2, 0) is 4.79 Å². The number of ether oxygens (including phenoxy) is 1. The van der Waals surface area contributed by atoms with Crippen LogP contribution in [0.25, 0.3) is 0 Å². The van der Waals surface area contributed by atoms with Crippen LogP contribution in [0.4, 0.5) is 4.39 Å². The summed E-state index contributed by atoms with van der Waals surface area (Å²) in [6.45, 7) is 1.27. The Morgan fingerprint density at radius 2 is 2.04 bits per heavy atom. The number of benzene rings is 1.